The van der Waals surface area contributed by atoms with Gasteiger partial charge >= 0.3 is 6.18 Å². The van der Waals surface area contributed by atoms with Crippen LogP contribution in [0, 0.1) is 5.82 Å². The molecule has 0 aliphatic heterocycles. The first-order valence-corrected chi connectivity index (χ1v) is 8.70. The van der Waals surface area contributed by atoms with E-state index in [1.807, 2.05) is 0 Å². The predicted molar refractivity (Wildman–Crippen MR) is 104 cm³/mol. The summed E-state index contributed by atoms with van der Waals surface area (Å²) in [6.45, 7) is 0. The van der Waals surface area contributed by atoms with E-state index in [0.29, 0.717) is 5.75 Å². The molecular weight excluding hydrogens is 384 g/mol. The molecule has 0 unspecified atom stereocenters. The van der Waals surface area contributed by atoms with Crippen LogP contribution in [0.15, 0.2) is 72.8 Å². The van der Waals surface area contributed by atoms with Crippen molar-refractivity contribution in [3.63, 3.8) is 0 Å². The van der Waals surface area contributed by atoms with Crippen molar-refractivity contribution in [3.05, 3.63) is 95.3 Å². The third kappa shape index (κ3) is 4.42. The number of rotatable bonds is 5. The fraction of sp³-hybridized carbons (Fsp3) is 0.130. The molecule has 2 nitrogen and oxygen atoms in total. The average molecular weight is 402 g/mol. The lowest BCUT2D eigenvalue weighted by Crippen LogP contribution is -2.14. The molecule has 6 heteroatoms. The van der Waals surface area contributed by atoms with Gasteiger partial charge in [-0.1, -0.05) is 42.5 Å². The molecule has 3 aromatic rings. The van der Waals surface area contributed by atoms with Crippen LogP contribution in [0.25, 0.3) is 11.1 Å². The minimum Gasteiger partial charge on any atom is -0.497 e. The number of alkyl halides is 3. The average Bonchev–Trinajstić information content (AvgIpc) is 2.72. The quantitative estimate of drug-likeness (QED) is 0.365. The van der Waals surface area contributed by atoms with Gasteiger partial charge in [-0.05, 0) is 35.4 Å². The number of allylic oxidation sites excluding steroid dienone is 1. The van der Waals surface area contributed by atoms with Crippen LogP contribution in [0.1, 0.15) is 16.7 Å². The Hall–Kier alpha value is -3.28. The van der Waals surface area contributed by atoms with Crippen molar-refractivity contribution >= 4 is 11.1 Å². The fourth-order valence-corrected chi connectivity index (χ4v) is 3.11. The van der Waals surface area contributed by atoms with Gasteiger partial charge in [0, 0.05) is 17.2 Å². The van der Waals surface area contributed by atoms with E-state index in [1.54, 1.807) is 12.1 Å². The van der Waals surface area contributed by atoms with Gasteiger partial charge in [-0.3, -0.25) is 0 Å². The van der Waals surface area contributed by atoms with E-state index >= 15 is 0 Å². The van der Waals surface area contributed by atoms with Crippen LogP contribution in [-0.2, 0) is 0 Å². The van der Waals surface area contributed by atoms with Gasteiger partial charge in [0.05, 0.1) is 19.8 Å². The minimum absolute atomic E-state index is 0.00260. The normalized spacial score (nSPS) is 12.3. The molecule has 0 amide bonds. The molecule has 0 atom stereocenters. The van der Waals surface area contributed by atoms with E-state index in [1.165, 1.54) is 62.8 Å². The Kier molecular flexibility index (Phi) is 5.92. The van der Waals surface area contributed by atoms with E-state index in [0.717, 1.165) is 12.1 Å². The molecular formula is C23H18F4O2. The monoisotopic (exact) mass is 402 g/mol. The molecule has 0 aliphatic carbocycles. The number of benzene rings is 3. The maximum atomic E-state index is 14.3. The van der Waals surface area contributed by atoms with Crippen molar-refractivity contribution in [3.8, 4) is 11.5 Å². The lowest BCUT2D eigenvalue weighted by atomic mass is 9.88. The summed E-state index contributed by atoms with van der Waals surface area (Å²) >= 11 is 0. The van der Waals surface area contributed by atoms with Gasteiger partial charge in [0.2, 0.25) is 0 Å². The zero-order valence-corrected chi connectivity index (χ0v) is 15.8. The smallest absolute Gasteiger partial charge is 0.417 e. The largest absolute Gasteiger partial charge is 0.497 e. The van der Waals surface area contributed by atoms with Gasteiger partial charge in [0.1, 0.15) is 17.3 Å². The Morgan fingerprint density at radius 2 is 1.41 bits per heavy atom. The second-order valence-electron chi connectivity index (χ2n) is 6.19. The summed E-state index contributed by atoms with van der Waals surface area (Å²) in [7, 11) is 2.83. The molecule has 0 heterocycles. The van der Waals surface area contributed by atoms with E-state index < -0.39 is 17.6 Å². The molecule has 150 valence electrons. The predicted octanol–water partition coefficient (Wildman–Crippen LogP) is 6.36. The summed E-state index contributed by atoms with van der Waals surface area (Å²) in [4.78, 5) is 0. The Labute approximate surface area is 166 Å². The van der Waals surface area contributed by atoms with E-state index in [-0.39, 0.29) is 28.0 Å². The van der Waals surface area contributed by atoms with Crippen LogP contribution >= 0.6 is 0 Å². The number of halogens is 4. The summed E-state index contributed by atoms with van der Waals surface area (Å²) < 4.78 is 66.9. The topological polar surface area (TPSA) is 18.5 Å². The van der Waals surface area contributed by atoms with Crippen LogP contribution < -0.4 is 9.47 Å². The van der Waals surface area contributed by atoms with Crippen molar-refractivity contribution in [2.75, 3.05) is 14.2 Å². The molecule has 0 radical (unpaired) electrons. The molecule has 29 heavy (non-hydrogen) atoms. The van der Waals surface area contributed by atoms with E-state index in [9.17, 15) is 17.6 Å². The molecule has 3 aromatic carbocycles. The van der Waals surface area contributed by atoms with Crippen molar-refractivity contribution in [2.24, 2.45) is 0 Å². The first-order chi connectivity index (χ1) is 13.8. The molecule has 0 fully saturated rings. The van der Waals surface area contributed by atoms with Gasteiger partial charge in [-0.15, -0.1) is 0 Å². The zero-order valence-electron chi connectivity index (χ0n) is 15.8. The zero-order chi connectivity index (χ0) is 21.0. The van der Waals surface area contributed by atoms with Crippen molar-refractivity contribution < 1.29 is 27.0 Å². The lowest BCUT2D eigenvalue weighted by Gasteiger charge is -2.21. The first kappa shape index (κ1) is 20.5. The van der Waals surface area contributed by atoms with Crippen LogP contribution in [-0.4, -0.2) is 20.4 Å². The Balaban J connectivity index is 2.43. The summed E-state index contributed by atoms with van der Waals surface area (Å²) in [5.41, 5.74) is -0.518. The highest BCUT2D eigenvalue weighted by Crippen LogP contribution is 2.45. The second-order valence-corrected chi connectivity index (χ2v) is 6.19. The third-order valence-electron chi connectivity index (χ3n) is 4.41. The Morgan fingerprint density at radius 1 is 0.759 bits per heavy atom. The first-order valence-electron chi connectivity index (χ1n) is 8.70. The summed E-state index contributed by atoms with van der Waals surface area (Å²) in [5, 5.41) is 0. The molecule has 0 saturated carbocycles. The summed E-state index contributed by atoms with van der Waals surface area (Å²) in [6.07, 6.45) is -4.67. The standard InChI is InChI=1S/C23H18F4O2/c1-28-18-12-13-19(20(14-18)29-2)21(15-8-10-17(24)11-9-15)22(23(25,26)27)16-6-4-3-5-7-16/h3-14H,1-2H3. The Morgan fingerprint density at radius 3 is 1.97 bits per heavy atom. The highest BCUT2D eigenvalue weighted by atomic mass is 19.4. The van der Waals surface area contributed by atoms with Gasteiger partial charge in [0.15, 0.2) is 0 Å². The number of hydrogen-bond acceptors (Lipinski definition) is 2. The Bertz CT molecular complexity index is 1010. The number of hydrogen-bond donors (Lipinski definition) is 0. The summed E-state index contributed by atoms with van der Waals surface area (Å²) in [5.74, 6) is 0.113. The van der Waals surface area contributed by atoms with Crippen LogP contribution in [0.4, 0.5) is 17.6 Å². The fourth-order valence-electron chi connectivity index (χ4n) is 3.11. The van der Waals surface area contributed by atoms with E-state index in [2.05, 4.69) is 0 Å². The maximum absolute atomic E-state index is 14.3. The van der Waals surface area contributed by atoms with Crippen molar-refractivity contribution in [2.45, 2.75) is 6.18 Å². The van der Waals surface area contributed by atoms with Crippen LogP contribution in [0.5, 0.6) is 11.5 Å². The molecule has 0 saturated heterocycles. The van der Waals surface area contributed by atoms with E-state index in [4.69, 9.17) is 9.47 Å². The van der Waals surface area contributed by atoms with Gasteiger partial charge in [-0.25, -0.2) is 4.39 Å². The third-order valence-corrected chi connectivity index (χ3v) is 4.41. The number of ether oxygens (including phenoxy) is 2. The SMILES string of the molecule is COc1ccc(C(=C(c2ccccc2)C(F)(F)F)c2ccc(F)cc2)c(OC)c1. The van der Waals surface area contributed by atoms with Crippen molar-refractivity contribution in [1.82, 2.24) is 0 Å². The highest BCUT2D eigenvalue weighted by molar-refractivity contribution is 6.01. The summed E-state index contributed by atoms with van der Waals surface area (Å²) in [6, 6.07) is 17.0. The molecule has 3 rings (SSSR count). The molecule has 0 bridgehead atoms. The van der Waals surface area contributed by atoms with Crippen LogP contribution in [0.3, 0.4) is 0 Å². The molecule has 0 aliphatic rings. The second kappa shape index (κ2) is 8.39. The molecule has 0 aromatic heterocycles. The molecule has 0 N–H and O–H groups in total. The lowest BCUT2D eigenvalue weighted by molar-refractivity contribution is -0.0685. The minimum atomic E-state index is -4.67. The van der Waals surface area contributed by atoms with Gasteiger partial charge in [0.25, 0.3) is 0 Å². The van der Waals surface area contributed by atoms with Crippen LogP contribution in [0.2, 0.25) is 0 Å². The molecule has 0 spiro atoms. The highest BCUT2D eigenvalue weighted by Gasteiger charge is 2.38. The van der Waals surface area contributed by atoms with Gasteiger partial charge in [-0.2, -0.15) is 13.2 Å². The van der Waals surface area contributed by atoms with Crippen molar-refractivity contribution in [1.29, 1.82) is 0 Å². The van der Waals surface area contributed by atoms with Gasteiger partial charge < -0.3 is 9.47 Å². The number of methoxy groups -OCH3 is 2. The maximum Gasteiger partial charge on any atom is 0.417 e.